The zero-order valence-corrected chi connectivity index (χ0v) is 17.4. The molecule has 1 aliphatic rings. The van der Waals surface area contributed by atoms with Crippen LogP contribution in [0.15, 0.2) is 42.7 Å². The number of amides is 1. The van der Waals surface area contributed by atoms with E-state index < -0.39 is 0 Å². The van der Waals surface area contributed by atoms with Crippen LogP contribution < -0.4 is 16.0 Å². The summed E-state index contributed by atoms with van der Waals surface area (Å²) in [5, 5.41) is 3.12. The molecule has 3 N–H and O–H groups in total. The molecule has 3 rings (SSSR count). The number of nitrogens with zero attached hydrogens (tertiary/aromatic N) is 2. The van der Waals surface area contributed by atoms with Crippen LogP contribution in [-0.2, 0) is 0 Å². The van der Waals surface area contributed by atoms with Crippen LogP contribution in [0.2, 0.25) is 0 Å². The fraction of sp³-hybridized carbons (Fsp3) is 0.400. The third kappa shape index (κ3) is 6.09. The molecule has 7 heteroatoms. The van der Waals surface area contributed by atoms with Crippen LogP contribution in [0.5, 0.6) is 0 Å². The first-order valence-electron chi connectivity index (χ1n) is 8.82. The van der Waals surface area contributed by atoms with Gasteiger partial charge in [-0.1, -0.05) is 12.1 Å². The molecule has 148 valence electrons. The van der Waals surface area contributed by atoms with E-state index in [9.17, 15) is 4.79 Å². The highest BCUT2D eigenvalue weighted by molar-refractivity contribution is 5.95. The van der Waals surface area contributed by atoms with Crippen molar-refractivity contribution in [1.82, 2.24) is 10.3 Å². The second-order valence-electron chi connectivity index (χ2n) is 6.99. The lowest BCUT2D eigenvalue weighted by Crippen LogP contribution is -2.40. The number of aromatic nitrogens is 1. The van der Waals surface area contributed by atoms with Crippen LogP contribution in [-0.4, -0.2) is 37.1 Å². The van der Waals surface area contributed by atoms with E-state index in [0.717, 1.165) is 42.5 Å². The Labute approximate surface area is 173 Å². The van der Waals surface area contributed by atoms with Gasteiger partial charge in [0, 0.05) is 49.8 Å². The van der Waals surface area contributed by atoms with E-state index in [0.29, 0.717) is 5.56 Å². The topological polar surface area (TPSA) is 71.2 Å². The number of carbonyl (C=O) groups is 1. The van der Waals surface area contributed by atoms with Crippen LogP contribution in [0.1, 0.15) is 36.0 Å². The molecule has 1 aromatic heterocycles. The predicted molar refractivity (Wildman–Crippen MR) is 116 cm³/mol. The van der Waals surface area contributed by atoms with Crippen molar-refractivity contribution in [3.8, 4) is 11.1 Å². The molecule has 1 saturated carbocycles. The van der Waals surface area contributed by atoms with Crippen LogP contribution in [0, 0.1) is 0 Å². The SMILES string of the molecule is CN(C)c1ccc(-c2cncc(C(=O)NC3CCC(N)CC3)c2)cc1.Cl.Cl. The number of hydrogen-bond acceptors (Lipinski definition) is 4. The zero-order chi connectivity index (χ0) is 17.8. The first kappa shape index (κ1) is 23.2. The van der Waals surface area contributed by atoms with Gasteiger partial charge in [0.1, 0.15) is 0 Å². The predicted octanol–water partition coefficient (Wildman–Crippen LogP) is 3.66. The molecule has 0 unspecified atom stereocenters. The first-order valence-corrected chi connectivity index (χ1v) is 8.82. The summed E-state index contributed by atoms with van der Waals surface area (Å²) < 4.78 is 0. The normalized spacial score (nSPS) is 18.6. The van der Waals surface area contributed by atoms with E-state index in [2.05, 4.69) is 39.5 Å². The number of nitrogens with one attached hydrogen (secondary N) is 1. The van der Waals surface area contributed by atoms with Crippen LogP contribution in [0.3, 0.4) is 0 Å². The van der Waals surface area contributed by atoms with E-state index >= 15 is 0 Å². The molecule has 1 heterocycles. The van der Waals surface area contributed by atoms with Gasteiger partial charge in [-0.15, -0.1) is 24.8 Å². The summed E-state index contributed by atoms with van der Waals surface area (Å²) in [7, 11) is 4.03. The minimum atomic E-state index is -0.0558. The lowest BCUT2D eigenvalue weighted by atomic mass is 9.91. The average molecular weight is 411 g/mol. The molecular formula is C20H28Cl2N4O. The number of anilines is 1. The van der Waals surface area contributed by atoms with Crippen molar-refractivity contribution in [1.29, 1.82) is 0 Å². The zero-order valence-electron chi connectivity index (χ0n) is 15.7. The van der Waals surface area contributed by atoms with Gasteiger partial charge in [-0.25, -0.2) is 0 Å². The number of nitrogens with two attached hydrogens (primary N) is 1. The second-order valence-corrected chi connectivity index (χ2v) is 6.99. The molecule has 0 atom stereocenters. The standard InChI is InChI=1S/C20H26N4O.2ClH/c1-24(2)19-9-3-14(4-10-19)15-11-16(13-22-12-15)20(25)23-18-7-5-17(21)6-8-18;;/h3-4,9-13,17-18H,5-8,21H2,1-2H3,(H,23,25);2*1H. The Morgan fingerprint density at radius 2 is 1.67 bits per heavy atom. The number of pyridine rings is 1. The number of rotatable bonds is 4. The van der Waals surface area contributed by atoms with Gasteiger partial charge >= 0.3 is 0 Å². The Hall–Kier alpha value is -1.82. The van der Waals surface area contributed by atoms with Gasteiger partial charge in [-0.05, 0) is 49.4 Å². The second kappa shape index (κ2) is 10.5. The monoisotopic (exact) mass is 410 g/mol. The minimum Gasteiger partial charge on any atom is -0.378 e. The summed E-state index contributed by atoms with van der Waals surface area (Å²) >= 11 is 0. The molecule has 0 bridgehead atoms. The van der Waals surface area contributed by atoms with Gasteiger partial charge < -0.3 is 16.0 Å². The molecule has 1 aliphatic carbocycles. The molecule has 0 saturated heterocycles. The van der Waals surface area contributed by atoms with Crippen LogP contribution >= 0.6 is 24.8 Å². The molecule has 5 nitrogen and oxygen atoms in total. The largest absolute Gasteiger partial charge is 0.378 e. The highest BCUT2D eigenvalue weighted by Gasteiger charge is 2.20. The maximum atomic E-state index is 12.5. The van der Waals surface area contributed by atoms with Gasteiger partial charge in [-0.3, -0.25) is 9.78 Å². The molecule has 1 amide bonds. The number of carbonyl (C=O) groups excluding carboxylic acids is 1. The minimum absolute atomic E-state index is 0. The summed E-state index contributed by atoms with van der Waals surface area (Å²) in [5.74, 6) is -0.0558. The summed E-state index contributed by atoms with van der Waals surface area (Å²) in [6, 6.07) is 10.6. The van der Waals surface area contributed by atoms with Crippen molar-refractivity contribution in [3.05, 3.63) is 48.3 Å². The van der Waals surface area contributed by atoms with Gasteiger partial charge in [-0.2, -0.15) is 0 Å². The smallest absolute Gasteiger partial charge is 0.253 e. The fourth-order valence-electron chi connectivity index (χ4n) is 3.21. The van der Waals surface area contributed by atoms with E-state index in [1.807, 2.05) is 20.2 Å². The van der Waals surface area contributed by atoms with E-state index in [1.54, 1.807) is 12.4 Å². The number of benzene rings is 1. The summed E-state index contributed by atoms with van der Waals surface area (Å²) in [4.78, 5) is 18.8. The highest BCUT2D eigenvalue weighted by atomic mass is 35.5. The molecule has 1 fully saturated rings. The van der Waals surface area contributed by atoms with Gasteiger partial charge in [0.2, 0.25) is 0 Å². The highest BCUT2D eigenvalue weighted by Crippen LogP contribution is 2.23. The Morgan fingerprint density at radius 3 is 2.26 bits per heavy atom. The molecule has 0 aliphatic heterocycles. The van der Waals surface area contributed by atoms with E-state index in [1.165, 1.54) is 0 Å². The van der Waals surface area contributed by atoms with Crippen molar-refractivity contribution in [3.63, 3.8) is 0 Å². The van der Waals surface area contributed by atoms with Gasteiger partial charge in [0.15, 0.2) is 0 Å². The van der Waals surface area contributed by atoms with Crippen molar-refractivity contribution < 1.29 is 4.79 Å². The first-order chi connectivity index (χ1) is 12.0. The Kier molecular flexibility index (Phi) is 9.03. The van der Waals surface area contributed by atoms with E-state index in [-0.39, 0.29) is 42.8 Å². The van der Waals surface area contributed by atoms with Crippen LogP contribution in [0.4, 0.5) is 5.69 Å². The van der Waals surface area contributed by atoms with Crippen molar-refractivity contribution in [2.24, 2.45) is 5.73 Å². The molecule has 27 heavy (non-hydrogen) atoms. The molecule has 1 aromatic carbocycles. The van der Waals surface area contributed by atoms with Gasteiger partial charge in [0.05, 0.1) is 5.56 Å². The van der Waals surface area contributed by atoms with Crippen molar-refractivity contribution in [2.45, 2.75) is 37.8 Å². The Balaban J connectivity index is 0.00000182. The molecule has 2 aromatic rings. The third-order valence-electron chi connectivity index (χ3n) is 4.82. The lowest BCUT2D eigenvalue weighted by molar-refractivity contribution is 0.0925. The molecular weight excluding hydrogens is 383 g/mol. The Bertz CT molecular complexity index is 729. The maximum absolute atomic E-state index is 12.5. The molecule has 0 radical (unpaired) electrons. The number of halogens is 2. The average Bonchev–Trinajstić information content (AvgIpc) is 2.64. The summed E-state index contributed by atoms with van der Waals surface area (Å²) in [5.41, 5.74) is 9.67. The summed E-state index contributed by atoms with van der Waals surface area (Å²) in [6.07, 6.45) is 7.27. The number of hydrogen-bond donors (Lipinski definition) is 2. The quantitative estimate of drug-likeness (QED) is 0.806. The van der Waals surface area contributed by atoms with Crippen molar-refractivity contribution >= 4 is 36.4 Å². The third-order valence-corrected chi connectivity index (χ3v) is 4.82. The molecule has 0 spiro atoms. The van der Waals surface area contributed by atoms with E-state index in [4.69, 9.17) is 5.73 Å². The maximum Gasteiger partial charge on any atom is 0.253 e. The fourth-order valence-corrected chi connectivity index (χ4v) is 3.21. The van der Waals surface area contributed by atoms with Crippen molar-refractivity contribution in [2.75, 3.05) is 19.0 Å². The lowest BCUT2D eigenvalue weighted by Gasteiger charge is -2.26. The summed E-state index contributed by atoms with van der Waals surface area (Å²) in [6.45, 7) is 0. The van der Waals surface area contributed by atoms with Gasteiger partial charge in [0.25, 0.3) is 5.91 Å². The van der Waals surface area contributed by atoms with Crippen LogP contribution in [0.25, 0.3) is 11.1 Å². The Morgan fingerprint density at radius 1 is 1.04 bits per heavy atom.